The molecule has 0 unspecified atom stereocenters. The van der Waals surface area contributed by atoms with Crippen molar-refractivity contribution in [2.75, 3.05) is 13.2 Å². The SMILES string of the molecule is O=C(COc1ccc(Cl)cc1)NCCCc1nc2ccccc2n1CC(=O)c1ccccc1. The molecule has 0 aliphatic carbocycles. The summed E-state index contributed by atoms with van der Waals surface area (Å²) in [5, 5.41) is 3.47. The van der Waals surface area contributed by atoms with E-state index in [1.807, 2.05) is 59.2 Å². The van der Waals surface area contributed by atoms with E-state index < -0.39 is 0 Å². The van der Waals surface area contributed by atoms with Gasteiger partial charge in [-0.25, -0.2) is 4.98 Å². The van der Waals surface area contributed by atoms with Crippen molar-refractivity contribution in [3.63, 3.8) is 0 Å². The molecule has 1 aromatic heterocycles. The van der Waals surface area contributed by atoms with Crippen molar-refractivity contribution in [1.29, 1.82) is 0 Å². The van der Waals surface area contributed by atoms with Crippen LogP contribution in [-0.2, 0) is 17.8 Å². The van der Waals surface area contributed by atoms with Crippen molar-refractivity contribution >= 4 is 34.3 Å². The summed E-state index contributed by atoms with van der Waals surface area (Å²) >= 11 is 5.84. The lowest BCUT2D eigenvalue weighted by molar-refractivity contribution is -0.123. The van der Waals surface area contributed by atoms with E-state index in [1.165, 1.54) is 0 Å². The molecule has 0 aliphatic heterocycles. The Kier molecular flexibility index (Phi) is 7.37. The predicted molar refractivity (Wildman–Crippen MR) is 129 cm³/mol. The average molecular weight is 462 g/mol. The Balaban J connectivity index is 1.33. The molecule has 168 valence electrons. The number of benzene rings is 3. The summed E-state index contributed by atoms with van der Waals surface area (Å²) in [5.74, 6) is 1.25. The number of nitrogens with one attached hydrogen (secondary N) is 1. The van der Waals surface area contributed by atoms with E-state index in [2.05, 4.69) is 5.32 Å². The topological polar surface area (TPSA) is 73.2 Å². The molecule has 33 heavy (non-hydrogen) atoms. The number of fused-ring (bicyclic) bond motifs is 1. The monoisotopic (exact) mass is 461 g/mol. The minimum Gasteiger partial charge on any atom is -0.484 e. The first-order chi connectivity index (χ1) is 16.1. The largest absolute Gasteiger partial charge is 0.484 e. The van der Waals surface area contributed by atoms with Gasteiger partial charge in [-0.3, -0.25) is 9.59 Å². The number of imidazole rings is 1. The van der Waals surface area contributed by atoms with Crippen LogP contribution in [0.1, 0.15) is 22.6 Å². The third-order valence-electron chi connectivity index (χ3n) is 5.21. The zero-order valence-electron chi connectivity index (χ0n) is 18.0. The molecule has 6 nitrogen and oxygen atoms in total. The Bertz CT molecular complexity index is 1240. The molecule has 1 heterocycles. The first-order valence-electron chi connectivity index (χ1n) is 10.8. The summed E-state index contributed by atoms with van der Waals surface area (Å²) in [7, 11) is 0. The standard InChI is InChI=1S/C26H24ClN3O3/c27-20-12-14-21(15-13-20)33-18-26(32)28-16-6-11-25-29-22-9-4-5-10-23(22)30(25)17-24(31)19-7-2-1-3-8-19/h1-5,7-10,12-15H,6,11,16-18H2,(H,28,32). The molecule has 4 rings (SSSR count). The highest BCUT2D eigenvalue weighted by atomic mass is 35.5. The molecule has 0 atom stereocenters. The summed E-state index contributed by atoms with van der Waals surface area (Å²) in [6.07, 6.45) is 1.32. The Morgan fingerprint density at radius 2 is 1.67 bits per heavy atom. The van der Waals surface area contributed by atoms with E-state index in [-0.39, 0.29) is 24.8 Å². The van der Waals surface area contributed by atoms with E-state index in [1.54, 1.807) is 24.3 Å². The summed E-state index contributed by atoms with van der Waals surface area (Å²) in [4.78, 5) is 29.6. The minimum absolute atomic E-state index is 0.0349. The molecule has 0 saturated heterocycles. The maximum absolute atomic E-state index is 12.8. The van der Waals surface area contributed by atoms with Crippen LogP contribution in [-0.4, -0.2) is 34.4 Å². The molecule has 0 saturated carbocycles. The summed E-state index contributed by atoms with van der Waals surface area (Å²) in [6.45, 7) is 0.644. The van der Waals surface area contributed by atoms with Crippen molar-refractivity contribution in [1.82, 2.24) is 14.9 Å². The van der Waals surface area contributed by atoms with E-state index in [4.69, 9.17) is 21.3 Å². The van der Waals surface area contributed by atoms with Gasteiger partial charge in [0.25, 0.3) is 5.91 Å². The van der Waals surface area contributed by atoms with Gasteiger partial charge in [0.1, 0.15) is 11.6 Å². The summed E-state index contributed by atoms with van der Waals surface area (Å²) in [5.41, 5.74) is 2.46. The van der Waals surface area contributed by atoms with Crippen molar-refractivity contribution in [3.8, 4) is 5.75 Å². The molecule has 1 amide bonds. The van der Waals surface area contributed by atoms with Gasteiger partial charge in [-0.15, -0.1) is 0 Å². The highest BCUT2D eigenvalue weighted by Gasteiger charge is 2.14. The molecule has 1 N–H and O–H groups in total. The maximum atomic E-state index is 12.8. The second-order valence-corrected chi connectivity index (χ2v) is 8.02. The van der Waals surface area contributed by atoms with Crippen molar-refractivity contribution in [2.45, 2.75) is 19.4 Å². The third-order valence-corrected chi connectivity index (χ3v) is 5.47. The molecule has 7 heteroatoms. The number of halogens is 1. The zero-order chi connectivity index (χ0) is 23.0. The average Bonchev–Trinajstić information content (AvgIpc) is 3.19. The van der Waals surface area contributed by atoms with Gasteiger partial charge in [-0.05, 0) is 42.8 Å². The number of Topliss-reactive ketones (excluding diaryl/α,β-unsaturated/α-hetero) is 1. The molecular formula is C26H24ClN3O3. The molecule has 0 aliphatic rings. The van der Waals surface area contributed by atoms with Crippen LogP contribution in [0.2, 0.25) is 5.02 Å². The number of para-hydroxylation sites is 2. The van der Waals surface area contributed by atoms with E-state index in [0.29, 0.717) is 35.7 Å². The molecular weight excluding hydrogens is 438 g/mol. The number of hydrogen-bond acceptors (Lipinski definition) is 4. The molecule has 0 radical (unpaired) electrons. The Hall–Kier alpha value is -3.64. The number of aryl methyl sites for hydroxylation is 1. The van der Waals surface area contributed by atoms with Crippen LogP contribution in [0.4, 0.5) is 0 Å². The van der Waals surface area contributed by atoms with Crippen LogP contribution >= 0.6 is 11.6 Å². The lowest BCUT2D eigenvalue weighted by Crippen LogP contribution is -2.30. The van der Waals surface area contributed by atoms with Crippen molar-refractivity contribution < 1.29 is 14.3 Å². The highest BCUT2D eigenvalue weighted by molar-refractivity contribution is 6.30. The van der Waals surface area contributed by atoms with Gasteiger partial charge in [-0.1, -0.05) is 54.1 Å². The van der Waals surface area contributed by atoms with Crippen LogP contribution in [0.15, 0.2) is 78.9 Å². The minimum atomic E-state index is -0.197. The fraction of sp³-hybridized carbons (Fsp3) is 0.192. The van der Waals surface area contributed by atoms with Crippen LogP contribution in [0.25, 0.3) is 11.0 Å². The van der Waals surface area contributed by atoms with Crippen molar-refractivity contribution in [3.05, 3.63) is 95.3 Å². The van der Waals surface area contributed by atoms with Gasteiger partial charge in [0.15, 0.2) is 12.4 Å². The van der Waals surface area contributed by atoms with Crippen LogP contribution in [0, 0.1) is 0 Å². The Morgan fingerprint density at radius 3 is 2.45 bits per heavy atom. The molecule has 0 spiro atoms. The van der Waals surface area contributed by atoms with Crippen molar-refractivity contribution in [2.24, 2.45) is 0 Å². The second-order valence-electron chi connectivity index (χ2n) is 7.59. The summed E-state index contributed by atoms with van der Waals surface area (Å²) < 4.78 is 7.43. The smallest absolute Gasteiger partial charge is 0.257 e. The lowest BCUT2D eigenvalue weighted by Gasteiger charge is -2.10. The number of aromatic nitrogens is 2. The van der Waals surface area contributed by atoms with Gasteiger partial charge in [-0.2, -0.15) is 0 Å². The normalized spacial score (nSPS) is 10.8. The number of ether oxygens (including phenoxy) is 1. The zero-order valence-corrected chi connectivity index (χ0v) is 18.8. The number of hydrogen-bond donors (Lipinski definition) is 1. The third kappa shape index (κ3) is 5.99. The van der Waals surface area contributed by atoms with E-state index >= 15 is 0 Å². The Labute approximate surface area is 197 Å². The van der Waals surface area contributed by atoms with Gasteiger partial charge in [0.2, 0.25) is 0 Å². The second kappa shape index (κ2) is 10.8. The molecule has 0 bridgehead atoms. The highest BCUT2D eigenvalue weighted by Crippen LogP contribution is 2.18. The fourth-order valence-corrected chi connectivity index (χ4v) is 3.68. The van der Waals surface area contributed by atoms with Gasteiger partial charge < -0.3 is 14.6 Å². The number of ketones is 1. The predicted octanol–water partition coefficient (Wildman–Crippen LogP) is 4.70. The number of amides is 1. The fourth-order valence-electron chi connectivity index (χ4n) is 3.56. The maximum Gasteiger partial charge on any atom is 0.257 e. The number of rotatable bonds is 10. The van der Waals surface area contributed by atoms with E-state index in [0.717, 1.165) is 16.9 Å². The number of carbonyl (C=O) groups is 2. The lowest BCUT2D eigenvalue weighted by atomic mass is 10.1. The van der Waals surface area contributed by atoms with Gasteiger partial charge in [0.05, 0.1) is 17.6 Å². The first-order valence-corrected chi connectivity index (χ1v) is 11.2. The number of carbonyl (C=O) groups excluding carboxylic acids is 2. The molecule has 0 fully saturated rings. The Morgan fingerprint density at radius 1 is 0.939 bits per heavy atom. The van der Waals surface area contributed by atoms with Gasteiger partial charge >= 0.3 is 0 Å². The number of nitrogens with zero attached hydrogens (tertiary/aromatic N) is 2. The quantitative estimate of drug-likeness (QED) is 0.274. The first kappa shape index (κ1) is 22.6. The van der Waals surface area contributed by atoms with E-state index in [9.17, 15) is 9.59 Å². The van der Waals surface area contributed by atoms with Crippen LogP contribution in [0.3, 0.4) is 0 Å². The summed E-state index contributed by atoms with van der Waals surface area (Å²) in [6, 6.07) is 23.9. The van der Waals surface area contributed by atoms with Gasteiger partial charge in [0, 0.05) is 23.6 Å². The van der Waals surface area contributed by atoms with Crippen LogP contribution in [0.5, 0.6) is 5.75 Å². The molecule has 3 aromatic carbocycles. The van der Waals surface area contributed by atoms with Crippen LogP contribution < -0.4 is 10.1 Å². The molecule has 4 aromatic rings.